The summed E-state index contributed by atoms with van der Waals surface area (Å²) in [4.78, 5) is 17.2. The summed E-state index contributed by atoms with van der Waals surface area (Å²) in [6.07, 6.45) is 0. The molecule has 1 amide bonds. The standard InChI is InChI=1S/C21H19ClN6O2/c1-12-15(22)9-6-10-16(12)24-20(29)18-19(23)28(27-26-18)11-17-13(2)30-21(25-17)14-7-4-3-5-8-14/h3-10H,11,23H2,1-2H3,(H,24,29). The smallest absolute Gasteiger partial charge is 0.280 e. The van der Waals surface area contributed by atoms with E-state index in [1.54, 1.807) is 18.2 Å². The molecule has 4 rings (SSSR count). The molecular weight excluding hydrogens is 404 g/mol. The number of nitrogens with zero attached hydrogens (tertiary/aromatic N) is 4. The van der Waals surface area contributed by atoms with Crippen molar-refractivity contribution in [1.82, 2.24) is 20.0 Å². The van der Waals surface area contributed by atoms with E-state index >= 15 is 0 Å². The first-order valence-corrected chi connectivity index (χ1v) is 9.59. The first-order valence-electron chi connectivity index (χ1n) is 9.21. The summed E-state index contributed by atoms with van der Waals surface area (Å²) < 4.78 is 7.18. The van der Waals surface area contributed by atoms with Gasteiger partial charge in [0.1, 0.15) is 11.5 Å². The monoisotopic (exact) mass is 422 g/mol. The van der Waals surface area contributed by atoms with Gasteiger partial charge in [0.25, 0.3) is 5.91 Å². The number of rotatable bonds is 5. The largest absolute Gasteiger partial charge is 0.441 e. The number of benzene rings is 2. The van der Waals surface area contributed by atoms with Crippen molar-refractivity contribution < 1.29 is 9.21 Å². The van der Waals surface area contributed by atoms with Crippen molar-refractivity contribution >= 4 is 29.0 Å². The Kier molecular flexibility index (Phi) is 5.24. The number of nitrogens with one attached hydrogen (secondary N) is 1. The van der Waals surface area contributed by atoms with Crippen molar-refractivity contribution in [3.8, 4) is 11.5 Å². The predicted octanol–water partition coefficient (Wildman–Crippen LogP) is 4.09. The summed E-state index contributed by atoms with van der Waals surface area (Å²) in [5.74, 6) is 0.822. The Hall–Kier alpha value is -3.65. The molecule has 0 aliphatic heterocycles. The van der Waals surface area contributed by atoms with Crippen molar-refractivity contribution in [2.24, 2.45) is 0 Å². The Morgan fingerprint density at radius 3 is 2.70 bits per heavy atom. The van der Waals surface area contributed by atoms with E-state index in [4.69, 9.17) is 21.8 Å². The molecule has 2 heterocycles. The van der Waals surface area contributed by atoms with E-state index < -0.39 is 5.91 Å². The summed E-state index contributed by atoms with van der Waals surface area (Å²) in [5.41, 5.74) is 9.03. The maximum Gasteiger partial charge on any atom is 0.280 e. The van der Waals surface area contributed by atoms with E-state index in [1.165, 1.54) is 4.68 Å². The van der Waals surface area contributed by atoms with Crippen LogP contribution in [0.25, 0.3) is 11.5 Å². The number of anilines is 2. The van der Waals surface area contributed by atoms with Crippen molar-refractivity contribution in [3.05, 3.63) is 76.3 Å². The van der Waals surface area contributed by atoms with Gasteiger partial charge in [0.15, 0.2) is 11.5 Å². The number of hydrogen-bond donors (Lipinski definition) is 2. The molecular formula is C21H19ClN6O2. The summed E-state index contributed by atoms with van der Waals surface area (Å²) in [6, 6.07) is 14.8. The third kappa shape index (κ3) is 3.77. The molecule has 0 aliphatic rings. The van der Waals surface area contributed by atoms with Crippen LogP contribution in [0.5, 0.6) is 0 Å². The molecule has 3 N–H and O–H groups in total. The highest BCUT2D eigenvalue weighted by Crippen LogP contribution is 2.25. The average Bonchev–Trinajstić information content (AvgIpc) is 3.29. The normalized spacial score (nSPS) is 10.9. The molecule has 0 atom stereocenters. The van der Waals surface area contributed by atoms with Gasteiger partial charge in [-0.05, 0) is 43.7 Å². The van der Waals surface area contributed by atoms with Gasteiger partial charge in [0, 0.05) is 16.3 Å². The number of aryl methyl sites for hydroxylation is 1. The van der Waals surface area contributed by atoms with Crippen LogP contribution in [-0.4, -0.2) is 25.9 Å². The fraction of sp³-hybridized carbons (Fsp3) is 0.143. The second kappa shape index (κ2) is 8.00. The number of aromatic nitrogens is 4. The van der Waals surface area contributed by atoms with E-state index in [2.05, 4.69) is 20.6 Å². The Labute approximate surface area is 177 Å². The maximum absolute atomic E-state index is 12.6. The van der Waals surface area contributed by atoms with E-state index in [0.29, 0.717) is 28.1 Å². The van der Waals surface area contributed by atoms with Gasteiger partial charge in [-0.25, -0.2) is 9.67 Å². The van der Waals surface area contributed by atoms with E-state index in [1.807, 2.05) is 44.2 Å². The molecule has 0 spiro atoms. The average molecular weight is 423 g/mol. The van der Waals surface area contributed by atoms with Crippen LogP contribution in [0.1, 0.15) is 27.5 Å². The third-order valence-corrected chi connectivity index (χ3v) is 5.13. The van der Waals surface area contributed by atoms with Gasteiger partial charge in [-0.3, -0.25) is 4.79 Å². The maximum atomic E-state index is 12.6. The van der Waals surface area contributed by atoms with E-state index in [0.717, 1.165) is 11.1 Å². The third-order valence-electron chi connectivity index (χ3n) is 4.72. The van der Waals surface area contributed by atoms with Crippen LogP contribution in [0.3, 0.4) is 0 Å². The molecule has 0 bridgehead atoms. The summed E-state index contributed by atoms with van der Waals surface area (Å²) >= 11 is 6.11. The first-order chi connectivity index (χ1) is 14.4. The lowest BCUT2D eigenvalue weighted by atomic mass is 10.2. The minimum absolute atomic E-state index is 0.0267. The second-order valence-electron chi connectivity index (χ2n) is 6.74. The SMILES string of the molecule is Cc1oc(-c2ccccc2)nc1Cn1nnc(C(=O)Nc2cccc(Cl)c2C)c1N. The zero-order chi connectivity index (χ0) is 21.3. The Morgan fingerprint density at radius 1 is 1.17 bits per heavy atom. The molecule has 8 nitrogen and oxygen atoms in total. The molecule has 0 unspecified atom stereocenters. The van der Waals surface area contributed by atoms with Crippen molar-refractivity contribution in [2.75, 3.05) is 11.1 Å². The van der Waals surface area contributed by atoms with Gasteiger partial charge in [-0.2, -0.15) is 0 Å². The second-order valence-corrected chi connectivity index (χ2v) is 7.14. The van der Waals surface area contributed by atoms with Gasteiger partial charge >= 0.3 is 0 Å². The highest BCUT2D eigenvalue weighted by atomic mass is 35.5. The molecule has 0 radical (unpaired) electrons. The molecule has 152 valence electrons. The lowest BCUT2D eigenvalue weighted by molar-refractivity contribution is 0.102. The number of nitrogens with two attached hydrogens (primary N) is 1. The lowest BCUT2D eigenvalue weighted by Crippen LogP contribution is -2.16. The molecule has 0 saturated heterocycles. The summed E-state index contributed by atoms with van der Waals surface area (Å²) in [7, 11) is 0. The van der Waals surface area contributed by atoms with Crippen LogP contribution in [0.2, 0.25) is 5.02 Å². The molecule has 0 aliphatic carbocycles. The Morgan fingerprint density at radius 2 is 1.93 bits per heavy atom. The lowest BCUT2D eigenvalue weighted by Gasteiger charge is -2.08. The number of oxazole rings is 1. The zero-order valence-electron chi connectivity index (χ0n) is 16.4. The molecule has 2 aromatic carbocycles. The molecule has 0 fully saturated rings. The van der Waals surface area contributed by atoms with Gasteiger partial charge in [-0.15, -0.1) is 5.10 Å². The quantitative estimate of drug-likeness (QED) is 0.501. The Bertz CT molecular complexity index is 1220. The summed E-state index contributed by atoms with van der Waals surface area (Å²) in [5, 5.41) is 11.3. The highest BCUT2D eigenvalue weighted by Gasteiger charge is 2.20. The van der Waals surface area contributed by atoms with Crippen LogP contribution >= 0.6 is 11.6 Å². The zero-order valence-corrected chi connectivity index (χ0v) is 17.1. The Balaban J connectivity index is 1.55. The predicted molar refractivity (Wildman–Crippen MR) is 114 cm³/mol. The van der Waals surface area contributed by atoms with Crippen LogP contribution in [-0.2, 0) is 6.54 Å². The molecule has 4 aromatic rings. The number of carbonyl (C=O) groups is 1. The van der Waals surface area contributed by atoms with Crippen molar-refractivity contribution in [3.63, 3.8) is 0 Å². The topological polar surface area (TPSA) is 112 Å². The van der Waals surface area contributed by atoms with Crippen molar-refractivity contribution in [1.29, 1.82) is 0 Å². The minimum atomic E-state index is -0.467. The number of halogens is 1. The van der Waals surface area contributed by atoms with Gasteiger partial charge < -0.3 is 15.5 Å². The molecule has 9 heteroatoms. The highest BCUT2D eigenvalue weighted by molar-refractivity contribution is 6.31. The van der Waals surface area contributed by atoms with E-state index in [9.17, 15) is 4.79 Å². The van der Waals surface area contributed by atoms with Crippen molar-refractivity contribution in [2.45, 2.75) is 20.4 Å². The number of amides is 1. The fourth-order valence-corrected chi connectivity index (χ4v) is 3.12. The molecule has 30 heavy (non-hydrogen) atoms. The molecule has 2 aromatic heterocycles. The van der Waals surface area contributed by atoms with Gasteiger partial charge in [-0.1, -0.05) is 41.1 Å². The number of carbonyl (C=O) groups excluding carboxylic acids is 1. The van der Waals surface area contributed by atoms with E-state index in [-0.39, 0.29) is 18.1 Å². The van der Waals surface area contributed by atoms with Crippen LogP contribution < -0.4 is 11.1 Å². The molecule has 0 saturated carbocycles. The van der Waals surface area contributed by atoms with Gasteiger partial charge in [0.2, 0.25) is 5.89 Å². The van der Waals surface area contributed by atoms with Crippen LogP contribution in [0.15, 0.2) is 52.9 Å². The first kappa shape index (κ1) is 19.7. The number of hydrogen-bond acceptors (Lipinski definition) is 6. The minimum Gasteiger partial charge on any atom is -0.441 e. The van der Waals surface area contributed by atoms with Gasteiger partial charge in [0.05, 0.1) is 6.54 Å². The fourth-order valence-electron chi connectivity index (χ4n) is 2.94. The van der Waals surface area contributed by atoms with Crippen LogP contribution in [0.4, 0.5) is 11.5 Å². The number of nitrogen functional groups attached to an aromatic ring is 1. The van der Waals surface area contributed by atoms with Crippen LogP contribution in [0, 0.1) is 13.8 Å². The summed E-state index contributed by atoms with van der Waals surface area (Å²) in [6.45, 7) is 3.86.